The summed E-state index contributed by atoms with van der Waals surface area (Å²) in [6.45, 7) is 1.18. The van der Waals surface area contributed by atoms with Gasteiger partial charge in [0.15, 0.2) is 0 Å². The Morgan fingerprint density at radius 1 is 1.64 bits per heavy atom. The summed E-state index contributed by atoms with van der Waals surface area (Å²) in [5, 5.41) is 8.57. The average molecular weight is 194 g/mol. The van der Waals surface area contributed by atoms with Gasteiger partial charge in [-0.15, -0.1) is 0 Å². The molecule has 2 heterocycles. The highest BCUT2D eigenvalue weighted by Gasteiger charge is 2.13. The highest BCUT2D eigenvalue weighted by molar-refractivity contribution is 5.68. The van der Waals surface area contributed by atoms with Gasteiger partial charge in [-0.25, -0.2) is 9.97 Å². The minimum absolute atomic E-state index is 0.117. The van der Waals surface area contributed by atoms with Gasteiger partial charge in [0.2, 0.25) is 0 Å². The first-order valence-electron chi connectivity index (χ1n) is 4.39. The average Bonchev–Trinajstić information content (AvgIpc) is 2.17. The highest BCUT2D eigenvalue weighted by atomic mass is 16.5. The number of fused-ring (bicyclic) bond motifs is 1. The van der Waals surface area contributed by atoms with Crippen LogP contribution in [0.2, 0.25) is 0 Å². The lowest BCUT2D eigenvalue weighted by Gasteiger charge is -2.14. The van der Waals surface area contributed by atoms with E-state index in [4.69, 9.17) is 9.84 Å². The van der Waals surface area contributed by atoms with Crippen molar-refractivity contribution in [3.63, 3.8) is 0 Å². The maximum Gasteiger partial charge on any atom is 0.311 e. The second-order valence-electron chi connectivity index (χ2n) is 3.13. The van der Waals surface area contributed by atoms with E-state index in [-0.39, 0.29) is 6.42 Å². The number of ether oxygens (including phenoxy) is 1. The van der Waals surface area contributed by atoms with Crippen molar-refractivity contribution in [1.29, 1.82) is 0 Å². The molecule has 0 bridgehead atoms. The number of hydrogen-bond donors (Lipinski definition) is 1. The van der Waals surface area contributed by atoms with Crippen LogP contribution in [-0.4, -0.2) is 27.7 Å². The van der Waals surface area contributed by atoms with Crippen LogP contribution in [0.5, 0.6) is 0 Å². The molecule has 0 amide bonds. The van der Waals surface area contributed by atoms with E-state index >= 15 is 0 Å². The monoisotopic (exact) mass is 194 g/mol. The lowest BCUT2D eigenvalue weighted by Crippen LogP contribution is -2.15. The van der Waals surface area contributed by atoms with Gasteiger partial charge in [-0.1, -0.05) is 0 Å². The van der Waals surface area contributed by atoms with Crippen LogP contribution < -0.4 is 0 Å². The van der Waals surface area contributed by atoms with Crippen LogP contribution in [0.1, 0.15) is 17.1 Å². The predicted molar refractivity (Wildman–Crippen MR) is 46.7 cm³/mol. The first-order valence-corrected chi connectivity index (χ1v) is 4.39. The number of nitrogens with zero attached hydrogens (tertiary/aromatic N) is 2. The molecule has 74 valence electrons. The lowest BCUT2D eigenvalue weighted by atomic mass is 10.1. The molecule has 1 N–H and O–H groups in total. The summed E-state index contributed by atoms with van der Waals surface area (Å²) in [6, 6.07) is 0. The molecule has 0 atom stereocenters. The number of carboxylic acid groups (broad SMARTS) is 1. The molecule has 0 saturated heterocycles. The summed E-state index contributed by atoms with van der Waals surface area (Å²) in [7, 11) is 0. The molecule has 0 spiro atoms. The smallest absolute Gasteiger partial charge is 0.311 e. The van der Waals surface area contributed by atoms with Gasteiger partial charge in [-0.2, -0.15) is 0 Å². The Labute approximate surface area is 80.8 Å². The second-order valence-corrected chi connectivity index (χ2v) is 3.13. The third-order valence-electron chi connectivity index (χ3n) is 2.05. The first-order chi connectivity index (χ1) is 6.75. The Kier molecular flexibility index (Phi) is 2.41. The number of hydrogen-bond acceptors (Lipinski definition) is 4. The van der Waals surface area contributed by atoms with Crippen molar-refractivity contribution in [2.45, 2.75) is 19.4 Å². The Bertz CT molecular complexity index is 365. The molecule has 0 aliphatic carbocycles. The van der Waals surface area contributed by atoms with Crippen molar-refractivity contribution in [3.8, 4) is 0 Å². The molecule has 0 fully saturated rings. The fraction of sp³-hybridized carbons (Fsp3) is 0.444. The lowest BCUT2D eigenvalue weighted by molar-refractivity contribution is -0.136. The molecular formula is C9H10N2O3. The van der Waals surface area contributed by atoms with Crippen LogP contribution in [0.15, 0.2) is 6.20 Å². The molecule has 0 unspecified atom stereocenters. The van der Waals surface area contributed by atoms with E-state index in [1.165, 1.54) is 0 Å². The fourth-order valence-corrected chi connectivity index (χ4v) is 1.39. The molecule has 0 aromatic carbocycles. The summed E-state index contributed by atoms with van der Waals surface area (Å²) in [4.78, 5) is 18.6. The van der Waals surface area contributed by atoms with E-state index in [2.05, 4.69) is 9.97 Å². The van der Waals surface area contributed by atoms with Gasteiger partial charge in [0.05, 0.1) is 18.9 Å². The van der Waals surface area contributed by atoms with Gasteiger partial charge in [-0.05, 0) is 0 Å². The van der Waals surface area contributed by atoms with Gasteiger partial charge in [0.25, 0.3) is 0 Å². The van der Waals surface area contributed by atoms with Crippen molar-refractivity contribution in [1.82, 2.24) is 9.97 Å². The van der Waals surface area contributed by atoms with Crippen molar-refractivity contribution in [2.75, 3.05) is 6.61 Å². The van der Waals surface area contributed by atoms with Gasteiger partial charge < -0.3 is 9.84 Å². The maximum atomic E-state index is 10.4. The van der Waals surface area contributed by atoms with Crippen LogP contribution in [0, 0.1) is 0 Å². The summed E-state index contributed by atoms with van der Waals surface area (Å²) in [6.07, 6.45) is 2.28. The predicted octanol–water partition coefficient (Wildman–Crippen LogP) is 0.176. The molecule has 1 aliphatic rings. The molecule has 2 rings (SSSR count). The molecule has 14 heavy (non-hydrogen) atoms. The van der Waals surface area contributed by atoms with E-state index in [1.54, 1.807) is 6.20 Å². The molecule has 0 saturated carbocycles. The Balaban J connectivity index is 2.24. The van der Waals surface area contributed by atoms with Gasteiger partial charge >= 0.3 is 5.97 Å². The minimum Gasteiger partial charge on any atom is -0.481 e. The fourth-order valence-electron chi connectivity index (χ4n) is 1.39. The van der Waals surface area contributed by atoms with Crippen molar-refractivity contribution in [2.24, 2.45) is 0 Å². The molecular weight excluding hydrogens is 184 g/mol. The quantitative estimate of drug-likeness (QED) is 0.726. The molecule has 5 heteroatoms. The van der Waals surface area contributed by atoms with Crippen molar-refractivity contribution in [3.05, 3.63) is 23.3 Å². The zero-order valence-electron chi connectivity index (χ0n) is 7.56. The van der Waals surface area contributed by atoms with E-state index < -0.39 is 5.97 Å². The van der Waals surface area contributed by atoms with Crippen molar-refractivity contribution < 1.29 is 14.6 Å². The first kappa shape index (κ1) is 9.08. The number of carboxylic acids is 1. The number of aliphatic carboxylic acids is 1. The van der Waals surface area contributed by atoms with Gasteiger partial charge in [0, 0.05) is 18.2 Å². The Morgan fingerprint density at radius 3 is 3.29 bits per heavy atom. The summed E-state index contributed by atoms with van der Waals surface area (Å²) < 4.78 is 5.22. The normalized spacial score (nSPS) is 14.9. The topological polar surface area (TPSA) is 72.3 Å². The maximum absolute atomic E-state index is 10.4. The summed E-state index contributed by atoms with van der Waals surface area (Å²) >= 11 is 0. The number of carbonyl (C=O) groups is 1. The molecule has 1 aliphatic heterocycles. The molecule has 1 aromatic rings. The second kappa shape index (κ2) is 3.71. The van der Waals surface area contributed by atoms with Crippen LogP contribution in [-0.2, 0) is 29.0 Å². The van der Waals surface area contributed by atoms with Crippen LogP contribution in [0.25, 0.3) is 0 Å². The third-order valence-corrected chi connectivity index (χ3v) is 2.05. The zero-order valence-corrected chi connectivity index (χ0v) is 7.56. The zero-order chi connectivity index (χ0) is 9.97. The van der Waals surface area contributed by atoms with Crippen LogP contribution in [0.4, 0.5) is 0 Å². The van der Waals surface area contributed by atoms with Gasteiger partial charge in [0.1, 0.15) is 12.2 Å². The Hall–Kier alpha value is -1.49. The highest BCUT2D eigenvalue weighted by Crippen LogP contribution is 2.13. The third kappa shape index (κ3) is 1.88. The summed E-state index contributed by atoms with van der Waals surface area (Å²) in [5.41, 5.74) is 1.88. The van der Waals surface area contributed by atoms with E-state index in [1.807, 2.05) is 0 Å². The number of aromatic nitrogens is 2. The Morgan fingerprint density at radius 2 is 2.50 bits per heavy atom. The largest absolute Gasteiger partial charge is 0.481 e. The minimum atomic E-state index is -0.906. The summed E-state index contributed by atoms with van der Waals surface area (Å²) in [5.74, 6) is -0.532. The SMILES string of the molecule is O=C(O)Cc1ncc2c(n1)CCOC2. The standard InChI is InChI=1S/C9H10N2O3/c12-9(13)3-8-10-4-6-5-14-2-1-7(6)11-8/h4H,1-3,5H2,(H,12,13). The van der Waals surface area contributed by atoms with E-state index in [0.717, 1.165) is 17.7 Å². The van der Waals surface area contributed by atoms with E-state index in [9.17, 15) is 4.79 Å². The molecule has 0 radical (unpaired) electrons. The molecule has 1 aromatic heterocycles. The molecule has 5 nitrogen and oxygen atoms in total. The van der Waals surface area contributed by atoms with Crippen LogP contribution >= 0.6 is 0 Å². The van der Waals surface area contributed by atoms with Crippen LogP contribution in [0.3, 0.4) is 0 Å². The number of rotatable bonds is 2. The van der Waals surface area contributed by atoms with Gasteiger partial charge in [-0.3, -0.25) is 4.79 Å². The van der Waals surface area contributed by atoms with Crippen molar-refractivity contribution >= 4 is 5.97 Å². The van der Waals surface area contributed by atoms with E-state index in [0.29, 0.717) is 19.0 Å².